The molecule has 2 aromatic carbocycles. The van der Waals surface area contributed by atoms with E-state index in [-0.39, 0.29) is 29.9 Å². The van der Waals surface area contributed by atoms with Gasteiger partial charge in [0.25, 0.3) is 0 Å². The zero-order valence-corrected chi connectivity index (χ0v) is 17.4. The summed E-state index contributed by atoms with van der Waals surface area (Å²) in [5, 5.41) is 5.78. The lowest BCUT2D eigenvalue weighted by Crippen LogP contribution is -2.22. The van der Waals surface area contributed by atoms with Gasteiger partial charge in [0.05, 0.1) is 19.8 Å². The maximum absolute atomic E-state index is 11.0. The van der Waals surface area contributed by atoms with Gasteiger partial charge in [-0.15, -0.1) is 24.0 Å². The lowest BCUT2D eigenvalue weighted by Gasteiger charge is -2.11. The zero-order chi connectivity index (χ0) is 18.4. The molecule has 4 N–H and O–H groups in total. The normalized spacial score (nSPS) is 13.1. The van der Waals surface area contributed by atoms with Gasteiger partial charge in [-0.3, -0.25) is 4.79 Å². The van der Waals surface area contributed by atoms with Gasteiger partial charge < -0.3 is 25.8 Å². The van der Waals surface area contributed by atoms with Gasteiger partial charge in [0, 0.05) is 30.8 Å². The number of nitrogens with zero attached hydrogens (tertiary/aromatic N) is 1. The van der Waals surface area contributed by atoms with Crippen molar-refractivity contribution in [1.29, 1.82) is 0 Å². The van der Waals surface area contributed by atoms with Crippen LogP contribution in [0.4, 0.5) is 11.4 Å². The molecule has 8 heteroatoms. The highest BCUT2D eigenvalue weighted by Gasteiger charge is 2.10. The van der Waals surface area contributed by atoms with Crippen LogP contribution in [0.3, 0.4) is 0 Å². The number of rotatable bonds is 4. The van der Waals surface area contributed by atoms with Crippen LogP contribution in [0.2, 0.25) is 0 Å². The minimum Gasteiger partial charge on any atom is -0.490 e. The molecule has 0 saturated heterocycles. The molecule has 1 heterocycles. The molecule has 0 saturated carbocycles. The molecule has 3 rings (SSSR count). The summed E-state index contributed by atoms with van der Waals surface area (Å²) in [6.07, 6.45) is 0.863. The third-order valence-electron chi connectivity index (χ3n) is 3.73. The van der Waals surface area contributed by atoms with Crippen molar-refractivity contribution in [2.24, 2.45) is 10.7 Å². The number of fused-ring (bicyclic) bond motifs is 1. The van der Waals surface area contributed by atoms with Crippen LogP contribution in [-0.2, 0) is 11.3 Å². The fourth-order valence-corrected chi connectivity index (χ4v) is 2.50. The molecular formula is C19H23IN4O3. The quantitative estimate of drug-likeness (QED) is 0.353. The van der Waals surface area contributed by atoms with E-state index in [0.717, 1.165) is 29.1 Å². The van der Waals surface area contributed by atoms with Gasteiger partial charge in [0.2, 0.25) is 5.91 Å². The zero-order valence-electron chi connectivity index (χ0n) is 15.0. The average Bonchev–Trinajstić information content (AvgIpc) is 2.85. The number of anilines is 2. The highest BCUT2D eigenvalue weighted by Crippen LogP contribution is 2.32. The Morgan fingerprint density at radius 3 is 2.41 bits per heavy atom. The number of hydrogen-bond acceptors (Lipinski definition) is 4. The van der Waals surface area contributed by atoms with Gasteiger partial charge in [-0.25, -0.2) is 4.99 Å². The lowest BCUT2D eigenvalue weighted by atomic mass is 10.2. The molecule has 0 atom stereocenters. The predicted molar refractivity (Wildman–Crippen MR) is 117 cm³/mol. The van der Waals surface area contributed by atoms with E-state index in [1.807, 2.05) is 42.5 Å². The van der Waals surface area contributed by atoms with Crippen molar-refractivity contribution in [3.8, 4) is 11.5 Å². The number of nitrogens with two attached hydrogens (primary N) is 1. The fraction of sp³-hybridized carbons (Fsp3) is 0.263. The topological polar surface area (TPSA) is 98.0 Å². The van der Waals surface area contributed by atoms with E-state index < -0.39 is 0 Å². The second kappa shape index (κ2) is 10.0. The Morgan fingerprint density at radius 2 is 1.70 bits per heavy atom. The standard InChI is InChI=1S/C19H22N4O3.HI/c1-13(24)22-15-5-3-14(4-6-15)12-21-19(20)23-16-7-8-17-18(11-16)26-10-2-9-25-17;/h3-8,11H,2,9-10,12H2,1H3,(H,22,24)(H3,20,21,23);1H. The van der Waals surface area contributed by atoms with Crippen molar-refractivity contribution in [3.63, 3.8) is 0 Å². The number of ether oxygens (including phenoxy) is 2. The molecule has 0 bridgehead atoms. The second-order valence-electron chi connectivity index (χ2n) is 5.92. The van der Waals surface area contributed by atoms with Gasteiger partial charge in [0.15, 0.2) is 17.5 Å². The first-order valence-electron chi connectivity index (χ1n) is 8.43. The Balaban J connectivity index is 0.00000261. The van der Waals surface area contributed by atoms with Crippen molar-refractivity contribution in [1.82, 2.24) is 0 Å². The van der Waals surface area contributed by atoms with Crippen molar-refractivity contribution in [2.45, 2.75) is 19.9 Å². The van der Waals surface area contributed by atoms with Gasteiger partial charge >= 0.3 is 0 Å². The number of carbonyl (C=O) groups excluding carboxylic acids is 1. The minimum absolute atomic E-state index is 0. The molecule has 0 radical (unpaired) electrons. The summed E-state index contributed by atoms with van der Waals surface area (Å²) in [5.41, 5.74) is 8.50. The second-order valence-corrected chi connectivity index (χ2v) is 5.92. The number of amides is 1. The van der Waals surface area contributed by atoms with Crippen LogP contribution in [0.15, 0.2) is 47.5 Å². The maximum Gasteiger partial charge on any atom is 0.221 e. The molecule has 2 aromatic rings. The number of guanidine groups is 1. The monoisotopic (exact) mass is 482 g/mol. The predicted octanol–water partition coefficient (Wildman–Crippen LogP) is 3.35. The molecular weight excluding hydrogens is 459 g/mol. The average molecular weight is 482 g/mol. The number of aliphatic imine (C=N–C) groups is 1. The van der Waals surface area contributed by atoms with Crippen LogP contribution in [-0.4, -0.2) is 25.1 Å². The van der Waals surface area contributed by atoms with Crippen LogP contribution >= 0.6 is 24.0 Å². The van der Waals surface area contributed by atoms with E-state index >= 15 is 0 Å². The molecule has 144 valence electrons. The van der Waals surface area contributed by atoms with Crippen molar-refractivity contribution in [3.05, 3.63) is 48.0 Å². The van der Waals surface area contributed by atoms with Crippen molar-refractivity contribution < 1.29 is 14.3 Å². The van der Waals surface area contributed by atoms with Crippen LogP contribution in [0.1, 0.15) is 18.9 Å². The van der Waals surface area contributed by atoms with E-state index in [9.17, 15) is 4.79 Å². The van der Waals surface area contributed by atoms with E-state index in [0.29, 0.717) is 31.5 Å². The Labute approximate surface area is 175 Å². The fourth-order valence-electron chi connectivity index (χ4n) is 2.50. The first kappa shape index (κ1) is 20.8. The molecule has 0 spiro atoms. The first-order valence-corrected chi connectivity index (χ1v) is 8.43. The minimum atomic E-state index is -0.0978. The number of halogens is 1. The Kier molecular flexibility index (Phi) is 7.71. The smallest absolute Gasteiger partial charge is 0.221 e. The maximum atomic E-state index is 11.0. The summed E-state index contributed by atoms with van der Waals surface area (Å²) < 4.78 is 11.3. The largest absolute Gasteiger partial charge is 0.490 e. The summed E-state index contributed by atoms with van der Waals surface area (Å²) in [7, 11) is 0. The molecule has 7 nitrogen and oxygen atoms in total. The SMILES string of the molecule is CC(=O)Nc1ccc(CN=C(N)Nc2ccc3c(c2)OCCCO3)cc1.I. The highest BCUT2D eigenvalue weighted by atomic mass is 127. The molecule has 0 aromatic heterocycles. The molecule has 1 aliphatic rings. The summed E-state index contributed by atoms with van der Waals surface area (Å²) in [6, 6.07) is 13.0. The van der Waals surface area contributed by atoms with E-state index in [4.69, 9.17) is 15.2 Å². The third-order valence-corrected chi connectivity index (χ3v) is 3.73. The summed E-state index contributed by atoms with van der Waals surface area (Å²) in [6.45, 7) is 3.20. The number of nitrogens with one attached hydrogen (secondary N) is 2. The number of carbonyl (C=O) groups is 1. The summed E-state index contributed by atoms with van der Waals surface area (Å²) in [4.78, 5) is 15.4. The van der Waals surface area contributed by atoms with E-state index in [1.54, 1.807) is 0 Å². The molecule has 1 aliphatic heterocycles. The Morgan fingerprint density at radius 1 is 1.04 bits per heavy atom. The van der Waals surface area contributed by atoms with Crippen LogP contribution < -0.4 is 25.8 Å². The highest BCUT2D eigenvalue weighted by molar-refractivity contribution is 14.0. The lowest BCUT2D eigenvalue weighted by molar-refractivity contribution is -0.114. The van der Waals surface area contributed by atoms with Crippen LogP contribution in [0, 0.1) is 0 Å². The van der Waals surface area contributed by atoms with Crippen molar-refractivity contribution in [2.75, 3.05) is 23.8 Å². The third kappa shape index (κ3) is 6.31. The van der Waals surface area contributed by atoms with Gasteiger partial charge in [-0.2, -0.15) is 0 Å². The molecule has 1 amide bonds. The van der Waals surface area contributed by atoms with Crippen molar-refractivity contribution >= 4 is 47.2 Å². The Hall–Kier alpha value is -2.49. The summed E-state index contributed by atoms with van der Waals surface area (Å²) in [5.74, 6) is 1.65. The summed E-state index contributed by atoms with van der Waals surface area (Å²) >= 11 is 0. The van der Waals surface area contributed by atoms with Gasteiger partial charge in [-0.05, 0) is 29.8 Å². The van der Waals surface area contributed by atoms with E-state index in [2.05, 4.69) is 15.6 Å². The van der Waals surface area contributed by atoms with Crippen LogP contribution in [0.5, 0.6) is 11.5 Å². The van der Waals surface area contributed by atoms with Crippen LogP contribution in [0.25, 0.3) is 0 Å². The first-order chi connectivity index (χ1) is 12.6. The number of benzene rings is 2. The Bertz CT molecular complexity index is 809. The number of hydrogen-bond donors (Lipinski definition) is 3. The van der Waals surface area contributed by atoms with E-state index in [1.165, 1.54) is 6.92 Å². The molecule has 0 aliphatic carbocycles. The molecule has 27 heavy (non-hydrogen) atoms. The molecule has 0 fully saturated rings. The van der Waals surface area contributed by atoms with Gasteiger partial charge in [0.1, 0.15) is 0 Å². The van der Waals surface area contributed by atoms with Gasteiger partial charge in [-0.1, -0.05) is 12.1 Å². The molecule has 0 unspecified atom stereocenters.